The molecule has 1 amide bonds. The molecule has 0 aromatic heterocycles. The number of carbonyl (C=O) groups is 2. The first-order valence-corrected chi connectivity index (χ1v) is 9.56. The number of amides is 1. The largest absolute Gasteiger partial charge is 0.491 e. The molecule has 30 heavy (non-hydrogen) atoms. The van der Waals surface area contributed by atoms with E-state index >= 15 is 0 Å². The van der Waals surface area contributed by atoms with Crippen molar-refractivity contribution in [2.45, 2.75) is 20.0 Å². The minimum absolute atomic E-state index is 0.0467. The molecule has 0 radical (unpaired) electrons. The first kappa shape index (κ1) is 20.9. The van der Waals surface area contributed by atoms with Gasteiger partial charge in [0.1, 0.15) is 17.2 Å². The summed E-state index contributed by atoms with van der Waals surface area (Å²) in [4.78, 5) is 24.2. The van der Waals surface area contributed by atoms with Crippen LogP contribution in [0.5, 0.6) is 17.2 Å². The zero-order valence-corrected chi connectivity index (χ0v) is 16.8. The SMILES string of the molecule is CC(C)Oc1ccc(C(=O)OCC(=O)Nc2ccc(Oc3ccccc3)cc2)cc1. The highest BCUT2D eigenvalue weighted by molar-refractivity contribution is 5.95. The van der Waals surface area contributed by atoms with Crippen molar-refractivity contribution >= 4 is 17.6 Å². The summed E-state index contributed by atoms with van der Waals surface area (Å²) in [6, 6.07) is 22.9. The molecule has 0 aliphatic heterocycles. The highest BCUT2D eigenvalue weighted by Gasteiger charge is 2.11. The van der Waals surface area contributed by atoms with Gasteiger partial charge < -0.3 is 19.5 Å². The van der Waals surface area contributed by atoms with E-state index in [0.717, 1.165) is 5.75 Å². The van der Waals surface area contributed by atoms with E-state index in [-0.39, 0.29) is 12.7 Å². The van der Waals surface area contributed by atoms with Gasteiger partial charge >= 0.3 is 5.97 Å². The summed E-state index contributed by atoms with van der Waals surface area (Å²) in [6.07, 6.45) is 0.0467. The Morgan fingerprint density at radius 3 is 2.03 bits per heavy atom. The quantitative estimate of drug-likeness (QED) is 0.530. The molecule has 3 aromatic rings. The third kappa shape index (κ3) is 6.38. The summed E-state index contributed by atoms with van der Waals surface area (Å²) < 4.78 is 16.3. The molecule has 3 rings (SSSR count). The standard InChI is InChI=1S/C24H23NO5/c1-17(2)29-21-12-8-18(9-13-21)24(27)28-16-23(26)25-19-10-14-22(15-11-19)30-20-6-4-3-5-7-20/h3-15,17H,16H2,1-2H3,(H,25,26). The number of rotatable bonds is 8. The van der Waals surface area contributed by atoms with Gasteiger partial charge in [-0.2, -0.15) is 0 Å². The number of carbonyl (C=O) groups excluding carboxylic acids is 2. The molecule has 0 saturated heterocycles. The Morgan fingerprint density at radius 2 is 1.40 bits per heavy atom. The van der Waals surface area contributed by atoms with Gasteiger partial charge in [-0.3, -0.25) is 4.79 Å². The summed E-state index contributed by atoms with van der Waals surface area (Å²) in [5.41, 5.74) is 0.924. The Balaban J connectivity index is 1.46. The van der Waals surface area contributed by atoms with Crippen molar-refractivity contribution in [2.24, 2.45) is 0 Å². The first-order valence-electron chi connectivity index (χ1n) is 9.56. The van der Waals surface area contributed by atoms with E-state index in [1.54, 1.807) is 48.5 Å². The predicted molar refractivity (Wildman–Crippen MR) is 114 cm³/mol. The molecule has 1 N–H and O–H groups in total. The van der Waals surface area contributed by atoms with Crippen molar-refractivity contribution in [3.63, 3.8) is 0 Å². The zero-order chi connectivity index (χ0) is 21.3. The molecule has 6 nitrogen and oxygen atoms in total. The molecule has 0 atom stereocenters. The number of esters is 1. The summed E-state index contributed by atoms with van der Waals surface area (Å²) in [5.74, 6) is 1.03. The monoisotopic (exact) mass is 405 g/mol. The second kappa shape index (κ2) is 10.1. The Kier molecular flexibility index (Phi) is 7.05. The second-order valence-corrected chi connectivity index (χ2v) is 6.75. The first-order chi connectivity index (χ1) is 14.5. The topological polar surface area (TPSA) is 73.9 Å². The van der Waals surface area contributed by atoms with Crippen LogP contribution < -0.4 is 14.8 Å². The minimum Gasteiger partial charge on any atom is -0.491 e. The van der Waals surface area contributed by atoms with E-state index in [1.165, 1.54) is 0 Å². The van der Waals surface area contributed by atoms with Crippen LogP contribution in [0.3, 0.4) is 0 Å². The van der Waals surface area contributed by atoms with Crippen LogP contribution in [0.4, 0.5) is 5.69 Å². The molecule has 0 aliphatic rings. The van der Waals surface area contributed by atoms with Crippen LogP contribution in [-0.4, -0.2) is 24.6 Å². The third-order valence-corrected chi connectivity index (χ3v) is 3.91. The van der Waals surface area contributed by atoms with Gasteiger partial charge in [-0.25, -0.2) is 4.79 Å². The molecular formula is C24H23NO5. The Bertz CT molecular complexity index is 967. The Morgan fingerprint density at radius 1 is 0.800 bits per heavy atom. The average Bonchev–Trinajstić information content (AvgIpc) is 2.74. The Labute approximate surface area is 175 Å². The van der Waals surface area contributed by atoms with Gasteiger partial charge in [0.25, 0.3) is 5.91 Å². The molecule has 0 heterocycles. The van der Waals surface area contributed by atoms with Crippen LogP contribution in [0.1, 0.15) is 24.2 Å². The van der Waals surface area contributed by atoms with E-state index < -0.39 is 11.9 Å². The minimum atomic E-state index is -0.576. The van der Waals surface area contributed by atoms with Crippen molar-refractivity contribution in [1.82, 2.24) is 0 Å². The van der Waals surface area contributed by atoms with Crippen molar-refractivity contribution in [2.75, 3.05) is 11.9 Å². The second-order valence-electron chi connectivity index (χ2n) is 6.75. The van der Waals surface area contributed by atoms with E-state index in [9.17, 15) is 9.59 Å². The summed E-state index contributed by atoms with van der Waals surface area (Å²) in [5, 5.41) is 2.68. The van der Waals surface area contributed by atoms with E-state index in [2.05, 4.69) is 5.32 Å². The van der Waals surface area contributed by atoms with Gasteiger partial charge in [0.15, 0.2) is 6.61 Å². The number of ether oxygens (including phenoxy) is 3. The van der Waals surface area contributed by atoms with Crippen molar-refractivity contribution in [3.05, 3.63) is 84.4 Å². The van der Waals surface area contributed by atoms with Gasteiger partial charge in [0.2, 0.25) is 0 Å². The molecule has 0 aliphatic carbocycles. The van der Waals surface area contributed by atoms with Crippen LogP contribution >= 0.6 is 0 Å². The van der Waals surface area contributed by atoms with Crippen LogP contribution in [0, 0.1) is 0 Å². The maximum atomic E-state index is 12.1. The van der Waals surface area contributed by atoms with E-state index in [4.69, 9.17) is 14.2 Å². The molecule has 3 aromatic carbocycles. The van der Waals surface area contributed by atoms with Gasteiger partial charge in [-0.15, -0.1) is 0 Å². The fraction of sp³-hybridized carbons (Fsp3) is 0.167. The van der Waals surface area contributed by atoms with Crippen molar-refractivity contribution in [1.29, 1.82) is 0 Å². The number of anilines is 1. The smallest absolute Gasteiger partial charge is 0.338 e. The number of nitrogens with one attached hydrogen (secondary N) is 1. The van der Waals surface area contributed by atoms with Gasteiger partial charge in [0, 0.05) is 5.69 Å². The lowest BCUT2D eigenvalue weighted by atomic mass is 10.2. The normalized spacial score (nSPS) is 10.4. The van der Waals surface area contributed by atoms with E-state index in [1.807, 2.05) is 44.2 Å². The van der Waals surface area contributed by atoms with Gasteiger partial charge in [-0.1, -0.05) is 18.2 Å². The highest BCUT2D eigenvalue weighted by atomic mass is 16.5. The van der Waals surface area contributed by atoms with Crippen LogP contribution in [-0.2, 0) is 9.53 Å². The maximum absolute atomic E-state index is 12.1. The lowest BCUT2D eigenvalue weighted by Crippen LogP contribution is -2.20. The average molecular weight is 405 g/mol. The molecule has 0 unspecified atom stereocenters. The lowest BCUT2D eigenvalue weighted by Gasteiger charge is -2.10. The number of hydrogen-bond donors (Lipinski definition) is 1. The van der Waals surface area contributed by atoms with Crippen molar-refractivity contribution < 1.29 is 23.8 Å². The van der Waals surface area contributed by atoms with E-state index in [0.29, 0.717) is 22.7 Å². The van der Waals surface area contributed by atoms with Crippen LogP contribution in [0.2, 0.25) is 0 Å². The molecule has 0 bridgehead atoms. The van der Waals surface area contributed by atoms with Gasteiger partial charge in [-0.05, 0) is 74.5 Å². The molecule has 154 valence electrons. The van der Waals surface area contributed by atoms with Gasteiger partial charge in [0.05, 0.1) is 11.7 Å². The molecule has 0 spiro atoms. The highest BCUT2D eigenvalue weighted by Crippen LogP contribution is 2.22. The zero-order valence-electron chi connectivity index (χ0n) is 16.8. The lowest BCUT2D eigenvalue weighted by molar-refractivity contribution is -0.119. The van der Waals surface area contributed by atoms with Crippen LogP contribution in [0.15, 0.2) is 78.9 Å². The maximum Gasteiger partial charge on any atom is 0.338 e. The summed E-state index contributed by atoms with van der Waals surface area (Å²) >= 11 is 0. The number of benzene rings is 3. The molecule has 0 fully saturated rings. The fourth-order valence-corrected chi connectivity index (χ4v) is 2.58. The number of para-hydroxylation sites is 1. The Hall–Kier alpha value is -3.80. The number of hydrogen-bond acceptors (Lipinski definition) is 5. The summed E-state index contributed by atoms with van der Waals surface area (Å²) in [7, 11) is 0. The molecule has 0 saturated carbocycles. The molecular weight excluding hydrogens is 382 g/mol. The van der Waals surface area contributed by atoms with Crippen LogP contribution in [0.25, 0.3) is 0 Å². The summed E-state index contributed by atoms with van der Waals surface area (Å²) in [6.45, 7) is 3.46. The fourth-order valence-electron chi connectivity index (χ4n) is 2.58. The predicted octanol–water partition coefficient (Wildman–Crippen LogP) is 5.06. The van der Waals surface area contributed by atoms with Crippen molar-refractivity contribution in [3.8, 4) is 17.2 Å². The molecule has 6 heteroatoms. The third-order valence-electron chi connectivity index (χ3n) is 3.91.